The van der Waals surface area contributed by atoms with Gasteiger partial charge in [-0.1, -0.05) is 25.5 Å². The Balaban J connectivity index is 3.00. The first-order valence-corrected chi connectivity index (χ1v) is 9.18. The van der Waals surface area contributed by atoms with E-state index in [1.165, 1.54) is 4.90 Å². The van der Waals surface area contributed by atoms with Crippen molar-refractivity contribution in [3.63, 3.8) is 0 Å². The van der Waals surface area contributed by atoms with Gasteiger partial charge < -0.3 is 9.84 Å². The fraction of sp³-hybridized carbons (Fsp3) is 0.556. The van der Waals surface area contributed by atoms with Crippen molar-refractivity contribution in [2.24, 2.45) is 0 Å². The van der Waals surface area contributed by atoms with Crippen molar-refractivity contribution in [2.75, 3.05) is 6.54 Å². The van der Waals surface area contributed by atoms with E-state index in [9.17, 15) is 14.7 Å². The Hall–Kier alpha value is -1.31. The van der Waals surface area contributed by atoms with Gasteiger partial charge in [-0.2, -0.15) is 0 Å². The molecule has 0 bridgehead atoms. The minimum absolute atomic E-state index is 0.259. The largest absolute Gasteiger partial charge is 0.480 e. The number of ether oxygens (including phenoxy) is 1. The second-order valence-corrected chi connectivity index (χ2v) is 7.96. The Morgan fingerprint density at radius 1 is 1.25 bits per heavy atom. The van der Waals surface area contributed by atoms with Gasteiger partial charge in [0.1, 0.15) is 11.6 Å². The zero-order valence-electron chi connectivity index (χ0n) is 14.7. The maximum absolute atomic E-state index is 12.5. The first kappa shape index (κ1) is 20.7. The third-order valence-electron chi connectivity index (χ3n) is 3.38. The van der Waals surface area contributed by atoms with Crippen LogP contribution in [-0.2, 0) is 16.0 Å². The van der Waals surface area contributed by atoms with Gasteiger partial charge in [-0.15, -0.1) is 0 Å². The van der Waals surface area contributed by atoms with E-state index in [4.69, 9.17) is 4.74 Å². The van der Waals surface area contributed by atoms with E-state index in [0.717, 1.165) is 22.0 Å². The Labute approximate surface area is 157 Å². The van der Waals surface area contributed by atoms with E-state index in [1.54, 1.807) is 20.8 Å². The highest BCUT2D eigenvalue weighted by Crippen LogP contribution is 2.17. The van der Waals surface area contributed by atoms with Crippen LogP contribution in [-0.4, -0.2) is 40.3 Å². The first-order valence-electron chi connectivity index (χ1n) is 8.11. The van der Waals surface area contributed by atoms with Crippen LogP contribution in [0.1, 0.15) is 46.1 Å². The molecule has 1 amide bonds. The number of nitrogens with zero attached hydrogens (tertiary/aromatic N) is 1. The fourth-order valence-corrected chi connectivity index (χ4v) is 2.56. The molecule has 24 heavy (non-hydrogen) atoms. The summed E-state index contributed by atoms with van der Waals surface area (Å²) in [7, 11) is 0. The summed E-state index contributed by atoms with van der Waals surface area (Å²) in [4.78, 5) is 25.6. The molecule has 6 heteroatoms. The predicted octanol–water partition coefficient (Wildman–Crippen LogP) is 4.32. The van der Waals surface area contributed by atoms with Crippen molar-refractivity contribution in [3.8, 4) is 0 Å². The van der Waals surface area contributed by atoms with Crippen LogP contribution >= 0.6 is 22.6 Å². The zero-order chi connectivity index (χ0) is 18.3. The van der Waals surface area contributed by atoms with E-state index in [1.807, 2.05) is 31.2 Å². The standard InChI is InChI=1S/C18H26INO4/c1-5-6-11-20(17(23)24-18(2,3)4)15(16(21)22)12-13-7-9-14(19)10-8-13/h7-10,15H,5-6,11-12H2,1-4H3,(H,21,22)/t15-/m0/s1. The van der Waals surface area contributed by atoms with Crippen LogP contribution in [0.3, 0.4) is 0 Å². The smallest absolute Gasteiger partial charge is 0.411 e. The molecular weight excluding hydrogens is 421 g/mol. The minimum Gasteiger partial charge on any atom is -0.480 e. The maximum atomic E-state index is 12.5. The quantitative estimate of drug-likeness (QED) is 0.633. The molecule has 1 atom stereocenters. The maximum Gasteiger partial charge on any atom is 0.411 e. The summed E-state index contributed by atoms with van der Waals surface area (Å²) in [5, 5.41) is 9.66. The van der Waals surface area contributed by atoms with Crippen LogP contribution in [0.25, 0.3) is 0 Å². The molecule has 5 nitrogen and oxygen atoms in total. The highest BCUT2D eigenvalue weighted by atomic mass is 127. The number of hydrogen-bond donors (Lipinski definition) is 1. The van der Waals surface area contributed by atoms with Gasteiger partial charge in [-0.05, 0) is 67.5 Å². The van der Waals surface area contributed by atoms with E-state index in [0.29, 0.717) is 6.54 Å². The van der Waals surface area contributed by atoms with Gasteiger partial charge in [0.15, 0.2) is 0 Å². The zero-order valence-corrected chi connectivity index (χ0v) is 16.9. The molecule has 0 spiro atoms. The number of rotatable bonds is 7. The molecule has 0 aromatic heterocycles. The van der Waals surface area contributed by atoms with Crippen LogP contribution < -0.4 is 0 Å². The molecule has 0 heterocycles. The topological polar surface area (TPSA) is 66.8 Å². The van der Waals surface area contributed by atoms with Crippen molar-refractivity contribution in [1.29, 1.82) is 0 Å². The van der Waals surface area contributed by atoms with Crippen LogP contribution in [0.5, 0.6) is 0 Å². The van der Waals surface area contributed by atoms with Gasteiger partial charge in [0.2, 0.25) is 0 Å². The van der Waals surface area contributed by atoms with Crippen molar-refractivity contribution < 1.29 is 19.4 Å². The lowest BCUT2D eigenvalue weighted by Crippen LogP contribution is -2.48. The fourth-order valence-electron chi connectivity index (χ4n) is 2.20. The number of aliphatic carboxylic acids is 1. The highest BCUT2D eigenvalue weighted by molar-refractivity contribution is 14.1. The number of carboxylic acids is 1. The lowest BCUT2D eigenvalue weighted by Gasteiger charge is -2.31. The van der Waals surface area contributed by atoms with Crippen molar-refractivity contribution in [3.05, 3.63) is 33.4 Å². The van der Waals surface area contributed by atoms with Gasteiger partial charge in [0.25, 0.3) is 0 Å². The van der Waals surface area contributed by atoms with Crippen molar-refractivity contribution in [1.82, 2.24) is 4.90 Å². The SMILES string of the molecule is CCCCN(C(=O)OC(C)(C)C)[C@@H](Cc1ccc(I)cc1)C(=O)O. The van der Waals surface area contributed by atoms with Gasteiger partial charge in [-0.3, -0.25) is 4.90 Å². The number of benzene rings is 1. The summed E-state index contributed by atoms with van der Waals surface area (Å²) in [6, 6.07) is 6.71. The molecule has 0 fully saturated rings. The Bertz CT molecular complexity index is 551. The Kier molecular flexibility index (Phi) is 7.99. The molecule has 0 radical (unpaired) electrons. The summed E-state index contributed by atoms with van der Waals surface area (Å²) >= 11 is 2.20. The second-order valence-electron chi connectivity index (χ2n) is 6.71. The predicted molar refractivity (Wildman–Crippen MR) is 102 cm³/mol. The van der Waals surface area contributed by atoms with Crippen LogP contribution in [0.15, 0.2) is 24.3 Å². The molecule has 1 rings (SSSR count). The average Bonchev–Trinajstić information content (AvgIpc) is 2.46. The third-order valence-corrected chi connectivity index (χ3v) is 4.10. The summed E-state index contributed by atoms with van der Waals surface area (Å²) in [6.45, 7) is 7.70. The molecule has 0 aliphatic heterocycles. The number of halogens is 1. The number of carbonyl (C=O) groups is 2. The van der Waals surface area contributed by atoms with Gasteiger partial charge in [-0.25, -0.2) is 9.59 Å². The third kappa shape index (κ3) is 7.07. The van der Waals surface area contributed by atoms with E-state index in [-0.39, 0.29) is 6.42 Å². The van der Waals surface area contributed by atoms with Crippen molar-refractivity contribution >= 4 is 34.7 Å². The molecule has 0 aliphatic carbocycles. The number of carbonyl (C=O) groups excluding carboxylic acids is 1. The van der Waals surface area contributed by atoms with Crippen LogP contribution in [0, 0.1) is 3.57 Å². The Morgan fingerprint density at radius 2 is 1.83 bits per heavy atom. The lowest BCUT2D eigenvalue weighted by molar-refractivity contribution is -0.143. The molecule has 0 saturated heterocycles. The van der Waals surface area contributed by atoms with E-state index >= 15 is 0 Å². The summed E-state index contributed by atoms with van der Waals surface area (Å²) < 4.78 is 6.49. The number of hydrogen-bond acceptors (Lipinski definition) is 3. The molecule has 1 N–H and O–H groups in total. The summed E-state index contributed by atoms with van der Waals surface area (Å²) in [6.07, 6.45) is 1.29. The van der Waals surface area contributed by atoms with Crippen LogP contribution in [0.4, 0.5) is 4.79 Å². The normalized spacial score (nSPS) is 12.5. The van der Waals surface area contributed by atoms with Gasteiger partial charge >= 0.3 is 12.1 Å². The minimum atomic E-state index is -1.02. The molecule has 0 unspecified atom stereocenters. The summed E-state index contributed by atoms with van der Waals surface area (Å²) in [5.41, 5.74) is 0.223. The molecule has 0 saturated carbocycles. The Morgan fingerprint density at radius 3 is 2.29 bits per heavy atom. The van der Waals surface area contributed by atoms with E-state index in [2.05, 4.69) is 22.6 Å². The molecule has 134 valence electrons. The van der Waals surface area contributed by atoms with Gasteiger partial charge in [0.05, 0.1) is 0 Å². The van der Waals surface area contributed by atoms with Gasteiger partial charge in [0, 0.05) is 16.5 Å². The number of unbranched alkanes of at least 4 members (excludes halogenated alkanes) is 1. The molecule has 0 aliphatic rings. The highest BCUT2D eigenvalue weighted by Gasteiger charge is 2.32. The van der Waals surface area contributed by atoms with Crippen molar-refractivity contribution in [2.45, 2.75) is 58.6 Å². The lowest BCUT2D eigenvalue weighted by atomic mass is 10.0. The average molecular weight is 447 g/mol. The number of carboxylic acid groups (broad SMARTS) is 1. The number of amides is 1. The van der Waals surface area contributed by atoms with Crippen LogP contribution in [0.2, 0.25) is 0 Å². The molecule has 1 aromatic rings. The molecular formula is C18H26INO4. The second kappa shape index (κ2) is 9.25. The molecule has 1 aromatic carbocycles. The monoisotopic (exact) mass is 447 g/mol. The summed E-state index contributed by atoms with van der Waals surface area (Å²) in [5.74, 6) is -1.02. The first-order chi connectivity index (χ1) is 11.1. The van der Waals surface area contributed by atoms with E-state index < -0.39 is 23.7 Å².